The van der Waals surface area contributed by atoms with E-state index in [4.69, 9.17) is 16.3 Å². The van der Waals surface area contributed by atoms with Crippen molar-refractivity contribution in [1.82, 2.24) is 4.72 Å². The van der Waals surface area contributed by atoms with Crippen molar-refractivity contribution in [2.24, 2.45) is 0 Å². The van der Waals surface area contributed by atoms with Gasteiger partial charge in [0, 0.05) is 21.9 Å². The molecule has 3 heteroatoms. The van der Waals surface area contributed by atoms with Gasteiger partial charge in [0.15, 0.2) is 0 Å². The van der Waals surface area contributed by atoms with E-state index in [1.807, 2.05) is 24.3 Å². The molecule has 0 aromatic heterocycles. The molecule has 0 aliphatic rings. The molecule has 0 saturated carbocycles. The normalized spacial score (nSPS) is 12.3. The minimum atomic E-state index is 0.108. The van der Waals surface area contributed by atoms with E-state index in [0.717, 1.165) is 15.6 Å². The summed E-state index contributed by atoms with van der Waals surface area (Å²) in [7, 11) is 0. The summed E-state index contributed by atoms with van der Waals surface area (Å²) in [4.78, 5) is 1.09. The van der Waals surface area contributed by atoms with E-state index in [1.165, 1.54) is 23.1 Å². The van der Waals surface area contributed by atoms with E-state index in [0.29, 0.717) is 0 Å². The van der Waals surface area contributed by atoms with Crippen LogP contribution in [-0.2, 0) is 10.8 Å². The fourth-order valence-electron chi connectivity index (χ4n) is 2.13. The average molecular weight is 347 g/mol. The summed E-state index contributed by atoms with van der Waals surface area (Å²) in [6.07, 6.45) is 0. The lowest BCUT2D eigenvalue weighted by atomic mass is 9.80. The number of hydrogen-bond donors (Lipinski definition) is 0. The smallest absolute Gasteiger partial charge is 0.0723 e. The molecule has 123 valence electrons. The average Bonchev–Trinajstić information content (AvgIpc) is 2.44. The van der Waals surface area contributed by atoms with Crippen LogP contribution >= 0.6 is 23.5 Å². The third-order valence-corrected chi connectivity index (χ3v) is 4.76. The van der Waals surface area contributed by atoms with Gasteiger partial charge in [-0.25, -0.2) is 4.72 Å². The monoisotopic (exact) mass is 346 g/mol. The molecule has 0 saturated heterocycles. The predicted molar refractivity (Wildman–Crippen MR) is 103 cm³/mol. The second-order valence-electron chi connectivity index (χ2n) is 7.91. The Hall–Kier alpha value is -1.12. The lowest BCUT2D eigenvalue weighted by molar-refractivity contribution is 0.568. The van der Waals surface area contributed by atoms with E-state index in [1.54, 1.807) is 0 Å². The molecule has 0 unspecified atom stereocenters. The van der Waals surface area contributed by atoms with Crippen molar-refractivity contribution in [2.75, 3.05) is 0 Å². The third-order valence-electron chi connectivity index (χ3n) is 3.72. The Morgan fingerprint density at radius 3 is 1.70 bits per heavy atom. The molecule has 0 amide bonds. The van der Waals surface area contributed by atoms with Crippen molar-refractivity contribution in [3.63, 3.8) is 0 Å². The summed E-state index contributed by atoms with van der Waals surface area (Å²) >= 11 is 7.42. The Balaban J connectivity index is 2.28. The van der Waals surface area contributed by atoms with Crippen LogP contribution in [0.3, 0.4) is 0 Å². The Kier molecular flexibility index (Phi) is 5.37. The molecule has 2 aromatic rings. The number of halogens is 1. The summed E-state index contributed by atoms with van der Waals surface area (Å²) in [5, 5.41) is 0.749. The third kappa shape index (κ3) is 5.19. The Bertz CT molecular complexity index is 631. The molecular formula is C20H25ClNS. The molecule has 0 spiro atoms. The van der Waals surface area contributed by atoms with Crippen LogP contribution in [0.2, 0.25) is 5.02 Å². The fraction of sp³-hybridized carbons (Fsp3) is 0.400. The molecule has 1 nitrogen and oxygen atoms in total. The van der Waals surface area contributed by atoms with Crippen LogP contribution in [0, 0.1) is 0 Å². The SMILES string of the molecule is CC(C)(C)c1cc([N]Sc2ccc(Cl)cc2)cc(C(C)(C)C)c1. The molecule has 0 heterocycles. The van der Waals surface area contributed by atoms with Crippen LogP contribution in [0.15, 0.2) is 47.4 Å². The maximum absolute atomic E-state index is 5.93. The van der Waals surface area contributed by atoms with Crippen LogP contribution in [0.25, 0.3) is 0 Å². The maximum Gasteiger partial charge on any atom is 0.0723 e. The molecule has 0 aliphatic heterocycles. The van der Waals surface area contributed by atoms with Gasteiger partial charge in [-0.05, 0) is 58.4 Å². The second-order valence-corrected chi connectivity index (χ2v) is 9.18. The molecule has 2 rings (SSSR count). The van der Waals surface area contributed by atoms with Crippen LogP contribution in [0.4, 0.5) is 5.69 Å². The number of rotatable bonds is 3. The van der Waals surface area contributed by atoms with E-state index in [-0.39, 0.29) is 10.8 Å². The zero-order valence-corrected chi connectivity index (χ0v) is 16.3. The second kappa shape index (κ2) is 6.78. The summed E-state index contributed by atoms with van der Waals surface area (Å²) in [5.74, 6) is 0. The zero-order valence-electron chi connectivity index (χ0n) is 14.8. The van der Waals surface area contributed by atoms with E-state index >= 15 is 0 Å². The van der Waals surface area contributed by atoms with Crippen LogP contribution in [0.1, 0.15) is 52.7 Å². The van der Waals surface area contributed by atoms with Crippen LogP contribution in [0.5, 0.6) is 0 Å². The first-order chi connectivity index (χ1) is 10.6. The highest BCUT2D eigenvalue weighted by Gasteiger charge is 2.20. The Labute approximate surface area is 150 Å². The molecule has 0 aliphatic carbocycles. The largest absolute Gasteiger partial charge is 0.212 e. The van der Waals surface area contributed by atoms with Gasteiger partial charge in [-0.15, -0.1) is 0 Å². The Morgan fingerprint density at radius 1 is 0.783 bits per heavy atom. The molecule has 2 aromatic carbocycles. The summed E-state index contributed by atoms with van der Waals surface area (Å²) in [6, 6.07) is 14.5. The van der Waals surface area contributed by atoms with Crippen molar-refractivity contribution in [2.45, 2.75) is 57.3 Å². The van der Waals surface area contributed by atoms with Gasteiger partial charge >= 0.3 is 0 Å². The topological polar surface area (TPSA) is 14.1 Å². The molecule has 0 atom stereocenters. The highest BCUT2D eigenvalue weighted by atomic mass is 35.5. The lowest BCUT2D eigenvalue weighted by Crippen LogP contribution is -2.16. The molecule has 0 bridgehead atoms. The molecular weight excluding hydrogens is 322 g/mol. The summed E-state index contributed by atoms with van der Waals surface area (Å²) < 4.78 is 4.73. The van der Waals surface area contributed by atoms with Crippen molar-refractivity contribution >= 4 is 29.2 Å². The van der Waals surface area contributed by atoms with Gasteiger partial charge in [-0.3, -0.25) is 0 Å². The standard InChI is InChI=1S/C20H25ClNS/c1-19(2,3)14-11-15(20(4,5)6)13-17(12-14)22-23-18-9-7-16(21)8-10-18/h7-13H,1-6H3. The van der Waals surface area contributed by atoms with Crippen molar-refractivity contribution in [3.8, 4) is 0 Å². The van der Waals surface area contributed by atoms with Gasteiger partial charge in [0.2, 0.25) is 0 Å². The van der Waals surface area contributed by atoms with Gasteiger partial charge in [-0.2, -0.15) is 0 Å². The van der Waals surface area contributed by atoms with Gasteiger partial charge in [-0.1, -0.05) is 59.2 Å². The van der Waals surface area contributed by atoms with E-state index in [2.05, 4.69) is 59.7 Å². The van der Waals surface area contributed by atoms with Crippen LogP contribution in [-0.4, -0.2) is 0 Å². The van der Waals surface area contributed by atoms with E-state index in [9.17, 15) is 0 Å². The molecule has 1 radical (unpaired) electrons. The van der Waals surface area contributed by atoms with Crippen molar-refractivity contribution in [1.29, 1.82) is 0 Å². The molecule has 0 fully saturated rings. The first-order valence-electron chi connectivity index (χ1n) is 7.85. The first kappa shape index (κ1) is 18.2. The number of hydrogen-bond acceptors (Lipinski definition) is 1. The van der Waals surface area contributed by atoms with Crippen LogP contribution < -0.4 is 4.72 Å². The zero-order chi connectivity index (χ0) is 17.3. The van der Waals surface area contributed by atoms with Crippen molar-refractivity contribution < 1.29 is 0 Å². The number of benzene rings is 2. The van der Waals surface area contributed by atoms with E-state index < -0.39 is 0 Å². The van der Waals surface area contributed by atoms with Gasteiger partial charge in [0.1, 0.15) is 0 Å². The van der Waals surface area contributed by atoms with Crippen molar-refractivity contribution in [3.05, 3.63) is 58.6 Å². The highest BCUT2D eigenvalue weighted by Crippen LogP contribution is 2.33. The maximum atomic E-state index is 5.93. The predicted octanol–water partition coefficient (Wildman–Crippen LogP) is 6.88. The lowest BCUT2D eigenvalue weighted by Gasteiger charge is -2.25. The molecule has 23 heavy (non-hydrogen) atoms. The summed E-state index contributed by atoms with van der Waals surface area (Å²) in [5.41, 5.74) is 3.87. The quantitative estimate of drug-likeness (QED) is 0.552. The molecule has 0 N–H and O–H groups in total. The van der Waals surface area contributed by atoms with Gasteiger partial charge < -0.3 is 0 Å². The highest BCUT2D eigenvalue weighted by molar-refractivity contribution is 7.97. The van der Waals surface area contributed by atoms with Gasteiger partial charge in [0.25, 0.3) is 0 Å². The summed E-state index contributed by atoms with van der Waals surface area (Å²) in [6.45, 7) is 13.4. The Morgan fingerprint density at radius 2 is 1.26 bits per heavy atom. The first-order valence-corrected chi connectivity index (χ1v) is 9.00. The number of nitrogens with zero attached hydrogens (tertiary/aromatic N) is 1. The fourth-order valence-corrected chi connectivity index (χ4v) is 2.83. The van der Waals surface area contributed by atoms with Gasteiger partial charge in [0.05, 0.1) is 5.69 Å². The minimum Gasteiger partial charge on any atom is -0.212 e. The minimum absolute atomic E-state index is 0.108.